The highest BCUT2D eigenvalue weighted by Gasteiger charge is 2.29. The second-order valence-corrected chi connectivity index (χ2v) is 7.22. The van der Waals surface area contributed by atoms with Gasteiger partial charge in [0, 0.05) is 19.5 Å². The summed E-state index contributed by atoms with van der Waals surface area (Å²) in [6.07, 6.45) is 0. The molecule has 5 rings (SSSR count). The van der Waals surface area contributed by atoms with Gasteiger partial charge >= 0.3 is 0 Å². The van der Waals surface area contributed by atoms with Crippen LogP contribution in [0.2, 0.25) is 0 Å². The highest BCUT2D eigenvalue weighted by atomic mass is 16.5. The molecule has 0 N–H and O–H groups in total. The Morgan fingerprint density at radius 2 is 1.75 bits per heavy atom. The molecule has 8 heteroatoms. The van der Waals surface area contributed by atoms with Crippen LogP contribution in [0.25, 0.3) is 39.4 Å². The minimum Gasteiger partial charge on any atom is -0.375 e. The molecular weight excluding hydrogens is 354 g/mol. The Morgan fingerprint density at radius 1 is 0.964 bits per heavy atom. The number of aromatic nitrogens is 7. The van der Waals surface area contributed by atoms with Gasteiger partial charge in [-0.2, -0.15) is 10.2 Å². The quantitative estimate of drug-likeness (QED) is 0.472. The van der Waals surface area contributed by atoms with Gasteiger partial charge in [-0.15, -0.1) is 5.10 Å². The molecule has 0 spiro atoms. The topological polar surface area (TPSA) is 79.5 Å². The highest BCUT2D eigenvalue weighted by Crippen LogP contribution is 2.41. The molecule has 142 valence electrons. The molecule has 0 saturated carbocycles. The lowest BCUT2D eigenvalue weighted by atomic mass is 10.1. The highest BCUT2D eigenvalue weighted by molar-refractivity contribution is 5.97. The van der Waals surface area contributed by atoms with Gasteiger partial charge in [-0.05, 0) is 39.3 Å². The van der Waals surface area contributed by atoms with E-state index in [9.17, 15) is 0 Å². The summed E-state index contributed by atoms with van der Waals surface area (Å²) in [6, 6.07) is 6.27. The second kappa shape index (κ2) is 5.54. The lowest BCUT2D eigenvalue weighted by Gasteiger charge is -2.09. The summed E-state index contributed by atoms with van der Waals surface area (Å²) in [6.45, 7) is 7.91. The van der Waals surface area contributed by atoms with E-state index in [0.717, 1.165) is 62.3 Å². The van der Waals surface area contributed by atoms with E-state index in [0.29, 0.717) is 0 Å². The number of rotatable bonds is 2. The smallest absolute Gasteiger partial charge is 0.208 e. The van der Waals surface area contributed by atoms with Crippen LogP contribution in [0.3, 0.4) is 0 Å². The maximum atomic E-state index is 5.92. The summed E-state index contributed by atoms with van der Waals surface area (Å²) >= 11 is 0. The SMILES string of the molecule is Cc1nc(C)n(-c2cccc3c(C)c(-c4c5nnc(C)c-5on4C)n(C)c23)n1. The average Bonchev–Trinajstić information content (AvgIpc) is 3.34. The zero-order valence-electron chi connectivity index (χ0n) is 16.8. The fraction of sp³-hybridized carbons (Fsp3) is 0.300. The van der Waals surface area contributed by atoms with Crippen molar-refractivity contribution in [3.63, 3.8) is 0 Å². The number of fused-ring (bicyclic) bond motifs is 2. The molecule has 0 saturated heterocycles. The predicted molar refractivity (Wildman–Crippen MR) is 106 cm³/mol. The summed E-state index contributed by atoms with van der Waals surface area (Å²) in [5, 5.41) is 14.3. The maximum Gasteiger partial charge on any atom is 0.208 e. The largest absolute Gasteiger partial charge is 0.375 e. The van der Waals surface area contributed by atoms with Crippen molar-refractivity contribution in [2.24, 2.45) is 14.1 Å². The number of hydrogen-bond acceptors (Lipinski definition) is 5. The van der Waals surface area contributed by atoms with Gasteiger partial charge in [0.1, 0.15) is 23.0 Å². The van der Waals surface area contributed by atoms with Crippen LogP contribution in [0.1, 0.15) is 22.9 Å². The van der Waals surface area contributed by atoms with Crippen LogP contribution in [0.5, 0.6) is 0 Å². The summed E-state index contributed by atoms with van der Waals surface area (Å²) in [5.74, 6) is 2.34. The van der Waals surface area contributed by atoms with Crippen LogP contribution in [0, 0.1) is 27.7 Å². The maximum absolute atomic E-state index is 5.92. The second-order valence-electron chi connectivity index (χ2n) is 7.22. The number of hydrogen-bond donors (Lipinski definition) is 0. The van der Waals surface area contributed by atoms with Crippen LogP contribution in [-0.2, 0) is 14.1 Å². The number of aryl methyl sites for hydroxylation is 6. The molecule has 28 heavy (non-hydrogen) atoms. The fourth-order valence-corrected chi connectivity index (χ4v) is 4.18. The molecular formula is C20H21N7O. The van der Waals surface area contributed by atoms with E-state index in [-0.39, 0.29) is 0 Å². The standard InChI is InChI=1S/C20H21N7O/c1-10-14-8-7-9-15(27-13(4)21-12(3)24-27)18(14)25(5)17(10)19-16-20(28-26(19)6)11(2)22-23-16/h7-9H,1-6H3. The summed E-state index contributed by atoms with van der Waals surface area (Å²) < 4.78 is 11.8. The van der Waals surface area contributed by atoms with E-state index >= 15 is 0 Å². The molecule has 1 aromatic carbocycles. The average molecular weight is 375 g/mol. The van der Waals surface area contributed by atoms with Gasteiger partial charge in [-0.25, -0.2) is 14.4 Å². The van der Waals surface area contributed by atoms with Gasteiger partial charge in [0.15, 0.2) is 5.69 Å². The third kappa shape index (κ3) is 2.05. The van der Waals surface area contributed by atoms with Crippen molar-refractivity contribution in [1.82, 2.24) is 34.3 Å². The fourth-order valence-electron chi connectivity index (χ4n) is 4.18. The lowest BCUT2D eigenvalue weighted by Crippen LogP contribution is -2.04. The van der Waals surface area contributed by atoms with Crippen LogP contribution >= 0.6 is 0 Å². The van der Waals surface area contributed by atoms with E-state index in [1.807, 2.05) is 32.5 Å². The first-order valence-electron chi connectivity index (χ1n) is 9.16. The Hall–Kier alpha value is -3.42. The summed E-state index contributed by atoms with van der Waals surface area (Å²) in [4.78, 5) is 4.47. The van der Waals surface area contributed by atoms with Crippen molar-refractivity contribution in [2.75, 3.05) is 0 Å². The van der Waals surface area contributed by atoms with Crippen LogP contribution in [0.15, 0.2) is 22.7 Å². The van der Waals surface area contributed by atoms with Gasteiger partial charge in [-0.1, -0.05) is 12.1 Å². The number of nitrogens with zero attached hydrogens (tertiary/aromatic N) is 7. The van der Waals surface area contributed by atoms with Crippen molar-refractivity contribution in [3.05, 3.63) is 41.1 Å². The molecule has 2 aliphatic rings. The van der Waals surface area contributed by atoms with Crippen LogP contribution in [0.4, 0.5) is 0 Å². The van der Waals surface area contributed by atoms with Gasteiger partial charge in [-0.3, -0.25) is 0 Å². The van der Waals surface area contributed by atoms with Gasteiger partial charge < -0.3 is 9.09 Å². The summed E-state index contributed by atoms with van der Waals surface area (Å²) in [5.41, 5.74) is 6.80. The third-order valence-corrected chi connectivity index (χ3v) is 5.38. The number of benzene rings is 1. The Bertz CT molecular complexity index is 1330. The molecule has 0 atom stereocenters. The first-order valence-corrected chi connectivity index (χ1v) is 9.16. The minimum absolute atomic E-state index is 0.727. The first kappa shape index (κ1) is 16.7. The lowest BCUT2D eigenvalue weighted by molar-refractivity contribution is 0.319. The Balaban J connectivity index is 1.86. The zero-order chi connectivity index (χ0) is 19.7. The molecule has 0 amide bonds. The molecule has 0 bridgehead atoms. The minimum atomic E-state index is 0.727. The van der Waals surface area contributed by atoms with Crippen molar-refractivity contribution in [1.29, 1.82) is 0 Å². The Morgan fingerprint density at radius 3 is 2.46 bits per heavy atom. The van der Waals surface area contributed by atoms with E-state index in [2.05, 4.69) is 57.0 Å². The first-order chi connectivity index (χ1) is 13.4. The van der Waals surface area contributed by atoms with E-state index in [1.165, 1.54) is 0 Å². The molecule has 0 radical (unpaired) electrons. The molecule has 0 fully saturated rings. The van der Waals surface area contributed by atoms with Crippen LogP contribution < -0.4 is 0 Å². The van der Waals surface area contributed by atoms with E-state index in [1.54, 1.807) is 4.74 Å². The normalized spacial score (nSPS) is 11.9. The third-order valence-electron chi connectivity index (χ3n) is 5.38. The Kier molecular flexibility index (Phi) is 3.31. The molecule has 0 aliphatic carbocycles. The van der Waals surface area contributed by atoms with Crippen molar-refractivity contribution in [2.45, 2.75) is 27.7 Å². The van der Waals surface area contributed by atoms with Crippen molar-refractivity contribution >= 4 is 10.9 Å². The molecule has 3 aromatic rings. The van der Waals surface area contributed by atoms with Crippen molar-refractivity contribution < 1.29 is 4.52 Å². The van der Waals surface area contributed by atoms with Gasteiger partial charge in [0.2, 0.25) is 5.76 Å². The van der Waals surface area contributed by atoms with Crippen molar-refractivity contribution in [3.8, 4) is 28.5 Å². The summed E-state index contributed by atoms with van der Waals surface area (Å²) in [7, 11) is 3.97. The monoisotopic (exact) mass is 375 g/mol. The van der Waals surface area contributed by atoms with Gasteiger partial charge in [0.05, 0.1) is 16.9 Å². The molecule has 2 aliphatic heterocycles. The van der Waals surface area contributed by atoms with Crippen LogP contribution in [-0.4, -0.2) is 34.3 Å². The van der Waals surface area contributed by atoms with Gasteiger partial charge in [0.25, 0.3) is 0 Å². The zero-order valence-corrected chi connectivity index (χ0v) is 16.8. The molecule has 4 heterocycles. The predicted octanol–water partition coefficient (Wildman–Crippen LogP) is 3.49. The molecule has 8 nitrogen and oxygen atoms in total. The number of para-hydroxylation sites is 1. The molecule has 2 aromatic heterocycles. The van der Waals surface area contributed by atoms with E-state index < -0.39 is 0 Å². The molecule has 0 unspecified atom stereocenters. The Labute approximate surface area is 161 Å². The van der Waals surface area contributed by atoms with E-state index in [4.69, 9.17) is 4.52 Å².